The number of fused-ring (bicyclic) bond motifs is 1. The smallest absolute Gasteiger partial charge is 0.547 e. The van der Waals surface area contributed by atoms with Gasteiger partial charge in [-0.05, 0) is 36.2 Å². The molecule has 1 unspecified atom stereocenters. The van der Waals surface area contributed by atoms with E-state index in [2.05, 4.69) is 11.0 Å². The zero-order valence-corrected chi connectivity index (χ0v) is 19.8. The first kappa shape index (κ1) is 24.5. The molecule has 1 atom stereocenters. The van der Waals surface area contributed by atoms with Crippen molar-refractivity contribution in [2.75, 3.05) is 37.8 Å². The molecule has 1 aliphatic heterocycles. The SMILES string of the molecule is CCCCOC(Cc1ccc(OCCN2CCOc3ccccc32)cc1)C(=O)[O-].[Na+]. The van der Waals surface area contributed by atoms with Gasteiger partial charge in [0.25, 0.3) is 0 Å². The number of hydrogen-bond acceptors (Lipinski definition) is 6. The van der Waals surface area contributed by atoms with Crippen molar-refractivity contribution in [1.29, 1.82) is 0 Å². The standard InChI is InChI=1S/C23H29NO5.Na/c1-2-3-14-28-22(23(25)26)17-18-8-10-19(11-9-18)27-15-12-24-13-16-29-21-7-5-4-6-20(21)24;/h4-11,22H,2-3,12-17H2,1H3,(H,25,26);/q;+1/p-1. The van der Waals surface area contributed by atoms with Gasteiger partial charge in [-0.25, -0.2) is 0 Å². The quantitative estimate of drug-likeness (QED) is 0.358. The summed E-state index contributed by atoms with van der Waals surface area (Å²) in [5.74, 6) is 0.492. The van der Waals surface area contributed by atoms with Gasteiger partial charge in [0.2, 0.25) is 0 Å². The summed E-state index contributed by atoms with van der Waals surface area (Å²) in [5, 5.41) is 11.3. The van der Waals surface area contributed by atoms with E-state index in [9.17, 15) is 9.90 Å². The van der Waals surface area contributed by atoms with Crippen LogP contribution in [0.4, 0.5) is 5.69 Å². The number of para-hydroxylation sites is 2. The summed E-state index contributed by atoms with van der Waals surface area (Å²) in [7, 11) is 0. The molecule has 1 aliphatic rings. The molecule has 0 radical (unpaired) electrons. The van der Waals surface area contributed by atoms with E-state index in [0.29, 0.717) is 19.8 Å². The van der Waals surface area contributed by atoms with Crippen molar-refractivity contribution in [3.63, 3.8) is 0 Å². The molecule has 1 heterocycles. The topological polar surface area (TPSA) is 71.1 Å². The zero-order chi connectivity index (χ0) is 20.5. The third-order valence-electron chi connectivity index (χ3n) is 4.88. The number of carboxylic acids is 1. The number of hydrogen-bond donors (Lipinski definition) is 0. The molecule has 0 fully saturated rings. The molecule has 0 spiro atoms. The Kier molecular flexibility index (Phi) is 10.5. The normalized spacial score (nSPS) is 13.6. The molecule has 2 aromatic carbocycles. The molecule has 0 amide bonds. The maximum absolute atomic E-state index is 11.3. The molecule has 6 nitrogen and oxygen atoms in total. The fraction of sp³-hybridized carbons (Fsp3) is 0.435. The van der Waals surface area contributed by atoms with E-state index in [0.717, 1.165) is 48.7 Å². The van der Waals surface area contributed by atoms with Crippen molar-refractivity contribution in [2.24, 2.45) is 0 Å². The average molecular weight is 421 g/mol. The number of ether oxygens (including phenoxy) is 3. The van der Waals surface area contributed by atoms with E-state index < -0.39 is 12.1 Å². The molecule has 3 rings (SSSR count). The van der Waals surface area contributed by atoms with E-state index in [1.807, 2.05) is 49.4 Å². The second-order valence-corrected chi connectivity index (χ2v) is 7.03. The van der Waals surface area contributed by atoms with E-state index in [1.165, 1.54) is 0 Å². The summed E-state index contributed by atoms with van der Waals surface area (Å²) in [5.41, 5.74) is 1.97. The maximum atomic E-state index is 11.3. The van der Waals surface area contributed by atoms with E-state index >= 15 is 0 Å². The number of rotatable bonds is 11. The largest absolute Gasteiger partial charge is 1.00 e. The van der Waals surface area contributed by atoms with Gasteiger partial charge in [-0.1, -0.05) is 37.6 Å². The minimum atomic E-state index is -1.17. The Bertz CT molecular complexity index is 783. The summed E-state index contributed by atoms with van der Waals surface area (Å²) >= 11 is 0. The first-order valence-electron chi connectivity index (χ1n) is 10.2. The van der Waals surface area contributed by atoms with Gasteiger partial charge in [-0.3, -0.25) is 0 Å². The van der Waals surface area contributed by atoms with Crippen LogP contribution in [0.1, 0.15) is 25.3 Å². The molecule has 7 heteroatoms. The molecular weight excluding hydrogens is 393 g/mol. The van der Waals surface area contributed by atoms with Crippen LogP contribution in [0.15, 0.2) is 48.5 Å². The van der Waals surface area contributed by atoms with Crippen LogP contribution in [0, 0.1) is 0 Å². The summed E-state index contributed by atoms with van der Waals surface area (Å²) < 4.78 is 17.0. The van der Waals surface area contributed by atoms with Crippen molar-refractivity contribution in [2.45, 2.75) is 32.3 Å². The number of nitrogens with zero attached hydrogens (tertiary/aromatic N) is 1. The van der Waals surface area contributed by atoms with Gasteiger partial charge < -0.3 is 29.0 Å². The van der Waals surface area contributed by atoms with E-state index in [-0.39, 0.29) is 36.0 Å². The number of carbonyl (C=O) groups excluding carboxylic acids is 1. The number of anilines is 1. The minimum Gasteiger partial charge on any atom is -0.547 e. The molecule has 0 saturated carbocycles. The number of carboxylic acid groups (broad SMARTS) is 1. The predicted octanol–water partition coefficient (Wildman–Crippen LogP) is -0.554. The average Bonchev–Trinajstić information content (AvgIpc) is 2.74. The number of benzene rings is 2. The summed E-state index contributed by atoms with van der Waals surface area (Å²) in [6, 6.07) is 15.5. The fourth-order valence-corrected chi connectivity index (χ4v) is 3.25. The molecule has 156 valence electrons. The van der Waals surface area contributed by atoms with Crippen LogP contribution in [0.2, 0.25) is 0 Å². The molecule has 0 N–H and O–H groups in total. The Morgan fingerprint density at radius 2 is 1.93 bits per heavy atom. The van der Waals surface area contributed by atoms with Crippen molar-refractivity contribution >= 4 is 11.7 Å². The summed E-state index contributed by atoms with van der Waals surface area (Å²) in [6.07, 6.45) is 1.16. The van der Waals surface area contributed by atoms with E-state index in [4.69, 9.17) is 14.2 Å². The van der Waals surface area contributed by atoms with Gasteiger partial charge in [0.05, 0.1) is 24.7 Å². The Labute approximate surface area is 200 Å². The summed E-state index contributed by atoms with van der Waals surface area (Å²) in [6.45, 7) is 5.29. The monoisotopic (exact) mass is 421 g/mol. The third-order valence-corrected chi connectivity index (χ3v) is 4.88. The second kappa shape index (κ2) is 12.8. The van der Waals surface area contributed by atoms with Crippen LogP contribution >= 0.6 is 0 Å². The van der Waals surface area contributed by atoms with Crippen LogP contribution in [0.3, 0.4) is 0 Å². The Morgan fingerprint density at radius 3 is 2.67 bits per heavy atom. The summed E-state index contributed by atoms with van der Waals surface area (Å²) in [4.78, 5) is 13.5. The van der Waals surface area contributed by atoms with Crippen LogP contribution in [-0.2, 0) is 16.0 Å². The third kappa shape index (κ3) is 7.20. The van der Waals surface area contributed by atoms with Gasteiger partial charge >= 0.3 is 29.6 Å². The Balaban J connectivity index is 0.00000320. The van der Waals surface area contributed by atoms with Gasteiger partial charge in [0.1, 0.15) is 30.8 Å². The molecule has 30 heavy (non-hydrogen) atoms. The van der Waals surface area contributed by atoms with Gasteiger partial charge in [0.15, 0.2) is 0 Å². The minimum absolute atomic E-state index is 0. The first-order chi connectivity index (χ1) is 14.2. The van der Waals surface area contributed by atoms with E-state index in [1.54, 1.807) is 0 Å². The molecule has 0 aliphatic carbocycles. The van der Waals surface area contributed by atoms with Crippen molar-refractivity contribution in [1.82, 2.24) is 0 Å². The molecule has 0 saturated heterocycles. The van der Waals surface area contributed by atoms with Crippen LogP contribution in [0.5, 0.6) is 11.5 Å². The van der Waals surface area contributed by atoms with Gasteiger partial charge in [0, 0.05) is 13.0 Å². The predicted molar refractivity (Wildman–Crippen MR) is 109 cm³/mol. The first-order valence-corrected chi connectivity index (χ1v) is 10.2. The van der Waals surface area contributed by atoms with Crippen molar-refractivity contribution in [3.8, 4) is 11.5 Å². The second-order valence-electron chi connectivity index (χ2n) is 7.03. The van der Waals surface area contributed by atoms with Crippen molar-refractivity contribution < 1.29 is 53.7 Å². The molecular formula is C23H28NNaO5. The Morgan fingerprint density at radius 1 is 1.17 bits per heavy atom. The van der Waals surface area contributed by atoms with Gasteiger partial charge in [-0.15, -0.1) is 0 Å². The maximum Gasteiger partial charge on any atom is 1.00 e. The van der Waals surface area contributed by atoms with Crippen molar-refractivity contribution in [3.05, 3.63) is 54.1 Å². The molecule has 0 bridgehead atoms. The molecule has 2 aromatic rings. The van der Waals surface area contributed by atoms with Crippen LogP contribution < -0.4 is 49.0 Å². The number of unbranched alkanes of at least 4 members (excludes halogenated alkanes) is 1. The van der Waals surface area contributed by atoms with Gasteiger partial charge in [-0.2, -0.15) is 0 Å². The van der Waals surface area contributed by atoms with Crippen LogP contribution in [0.25, 0.3) is 0 Å². The number of carbonyl (C=O) groups is 1. The molecule has 0 aromatic heterocycles. The Hall–Kier alpha value is -1.73. The zero-order valence-electron chi connectivity index (χ0n) is 17.8. The number of aliphatic carboxylic acids is 1. The van der Waals surface area contributed by atoms with Crippen LogP contribution in [-0.4, -0.2) is 45.0 Å². The fourth-order valence-electron chi connectivity index (χ4n) is 3.25.